The molecular weight excluding hydrogens is 330 g/mol. The predicted molar refractivity (Wildman–Crippen MR) is 96.3 cm³/mol. The summed E-state index contributed by atoms with van der Waals surface area (Å²) in [5, 5.41) is 2.82. The first kappa shape index (κ1) is 17.5. The van der Waals surface area contributed by atoms with Crippen molar-refractivity contribution in [3.8, 4) is 0 Å². The number of nitrogens with one attached hydrogen (secondary N) is 1. The molecule has 0 saturated carbocycles. The Morgan fingerprint density at radius 1 is 1.00 bits per heavy atom. The molecule has 0 aliphatic carbocycles. The zero-order valence-electron chi connectivity index (χ0n) is 14.3. The van der Waals surface area contributed by atoms with E-state index in [1.165, 1.54) is 12.3 Å². The molecule has 1 amide bonds. The number of carbonyl (C=O) groups is 2. The normalized spacial score (nSPS) is 11.6. The van der Waals surface area contributed by atoms with E-state index in [2.05, 4.69) is 5.32 Å². The fourth-order valence-corrected chi connectivity index (χ4v) is 2.45. The van der Waals surface area contributed by atoms with Gasteiger partial charge in [-0.1, -0.05) is 60.2 Å². The topological polar surface area (TPSA) is 68.5 Å². The van der Waals surface area contributed by atoms with Gasteiger partial charge in [0, 0.05) is 12.1 Å². The number of benzene rings is 2. The second-order valence-corrected chi connectivity index (χ2v) is 5.88. The lowest BCUT2D eigenvalue weighted by molar-refractivity contribution is -0.130. The summed E-state index contributed by atoms with van der Waals surface area (Å²) >= 11 is 0. The van der Waals surface area contributed by atoms with Crippen molar-refractivity contribution in [3.05, 3.63) is 95.4 Å². The first-order valence-corrected chi connectivity index (χ1v) is 8.26. The van der Waals surface area contributed by atoms with Gasteiger partial charge in [0.15, 0.2) is 0 Å². The van der Waals surface area contributed by atoms with Crippen LogP contribution in [0.25, 0.3) is 0 Å². The molecule has 3 aromatic rings. The smallest absolute Gasteiger partial charge is 0.375 e. The molecule has 26 heavy (non-hydrogen) atoms. The minimum absolute atomic E-state index is 0.0537. The summed E-state index contributed by atoms with van der Waals surface area (Å²) in [4.78, 5) is 24.9. The first-order chi connectivity index (χ1) is 12.6. The van der Waals surface area contributed by atoms with Crippen molar-refractivity contribution in [2.24, 2.45) is 0 Å². The van der Waals surface area contributed by atoms with Crippen molar-refractivity contribution in [2.45, 2.75) is 19.6 Å². The Hall–Kier alpha value is -3.34. The highest BCUT2D eigenvalue weighted by molar-refractivity contribution is 5.90. The molecule has 132 valence electrons. The minimum Gasteiger partial charge on any atom is -0.457 e. The third-order valence-electron chi connectivity index (χ3n) is 3.88. The predicted octanol–water partition coefficient (Wildman–Crippen LogP) is 3.80. The summed E-state index contributed by atoms with van der Waals surface area (Å²) in [7, 11) is 0. The van der Waals surface area contributed by atoms with Gasteiger partial charge >= 0.3 is 5.97 Å². The number of hydrogen-bond donors (Lipinski definition) is 1. The summed E-state index contributed by atoms with van der Waals surface area (Å²) in [6, 6.07) is 19.9. The molecule has 1 atom stereocenters. The number of esters is 1. The lowest BCUT2D eigenvalue weighted by Gasteiger charge is -2.18. The van der Waals surface area contributed by atoms with E-state index >= 15 is 0 Å². The highest BCUT2D eigenvalue weighted by atomic mass is 16.6. The average molecular weight is 349 g/mol. The van der Waals surface area contributed by atoms with Gasteiger partial charge in [0.1, 0.15) is 0 Å². The number of ether oxygens (including phenoxy) is 1. The second-order valence-electron chi connectivity index (χ2n) is 5.88. The summed E-state index contributed by atoms with van der Waals surface area (Å²) in [5.41, 5.74) is 2.61. The number of aryl methyl sites for hydroxylation is 1. The Kier molecular flexibility index (Phi) is 5.49. The summed E-state index contributed by atoms with van der Waals surface area (Å²) in [6.45, 7) is 2.30. The summed E-state index contributed by atoms with van der Waals surface area (Å²) < 4.78 is 10.5. The highest BCUT2D eigenvalue weighted by Crippen LogP contribution is 2.21. The molecule has 0 aliphatic heterocycles. The van der Waals surface area contributed by atoms with Gasteiger partial charge < -0.3 is 14.5 Å². The minimum atomic E-state index is -1.06. The molecule has 0 saturated heterocycles. The number of amides is 1. The molecule has 1 aromatic heterocycles. The lowest BCUT2D eigenvalue weighted by Crippen LogP contribution is -2.31. The van der Waals surface area contributed by atoms with Crippen LogP contribution in [0.5, 0.6) is 0 Å². The van der Waals surface area contributed by atoms with Crippen molar-refractivity contribution >= 4 is 11.9 Å². The Balaban J connectivity index is 1.76. The van der Waals surface area contributed by atoms with Crippen LogP contribution in [0.15, 0.2) is 77.4 Å². The van der Waals surface area contributed by atoms with E-state index in [0.717, 1.165) is 11.1 Å². The molecule has 5 heteroatoms. The van der Waals surface area contributed by atoms with Gasteiger partial charge in [-0.25, -0.2) is 4.79 Å². The maximum absolute atomic E-state index is 12.7. The number of rotatable bonds is 6. The third-order valence-corrected chi connectivity index (χ3v) is 3.88. The molecule has 2 aromatic carbocycles. The molecule has 0 aliphatic rings. The standard InChI is InChI=1S/C21H19NO4/c1-15-9-11-17(12-10-15)19(26-21(24)18-8-5-13-25-18)20(23)22-14-16-6-3-2-4-7-16/h2-13,19H,14H2,1H3,(H,22,23)/t19-/m1/s1. The van der Waals surface area contributed by atoms with Gasteiger partial charge in [-0.3, -0.25) is 4.79 Å². The molecule has 3 rings (SSSR count). The molecule has 0 radical (unpaired) electrons. The van der Waals surface area contributed by atoms with E-state index in [1.807, 2.05) is 49.4 Å². The van der Waals surface area contributed by atoms with Gasteiger partial charge in [0.25, 0.3) is 5.91 Å². The largest absolute Gasteiger partial charge is 0.457 e. The summed E-state index contributed by atoms with van der Waals surface area (Å²) in [6.07, 6.45) is 0.323. The number of hydrogen-bond acceptors (Lipinski definition) is 4. The number of carbonyl (C=O) groups excluding carboxylic acids is 2. The second kappa shape index (κ2) is 8.16. The molecule has 5 nitrogen and oxygen atoms in total. The van der Waals surface area contributed by atoms with Crippen LogP contribution < -0.4 is 5.32 Å². The van der Waals surface area contributed by atoms with Gasteiger partial charge in [-0.15, -0.1) is 0 Å². The Morgan fingerprint density at radius 2 is 1.73 bits per heavy atom. The zero-order chi connectivity index (χ0) is 18.4. The first-order valence-electron chi connectivity index (χ1n) is 8.26. The molecule has 0 fully saturated rings. The van der Waals surface area contributed by atoms with Crippen LogP contribution in [0.1, 0.15) is 33.3 Å². The number of furan rings is 1. The van der Waals surface area contributed by atoms with Crippen LogP contribution in [0.4, 0.5) is 0 Å². The molecular formula is C21H19NO4. The Bertz CT molecular complexity index is 855. The maximum Gasteiger partial charge on any atom is 0.375 e. The molecule has 1 N–H and O–H groups in total. The van der Waals surface area contributed by atoms with Crippen molar-refractivity contribution in [1.29, 1.82) is 0 Å². The van der Waals surface area contributed by atoms with E-state index in [-0.39, 0.29) is 5.76 Å². The Morgan fingerprint density at radius 3 is 2.38 bits per heavy atom. The van der Waals surface area contributed by atoms with Crippen LogP contribution in [0, 0.1) is 6.92 Å². The third kappa shape index (κ3) is 4.39. The highest BCUT2D eigenvalue weighted by Gasteiger charge is 2.26. The van der Waals surface area contributed by atoms with Crippen LogP contribution in [0.2, 0.25) is 0 Å². The molecule has 0 spiro atoms. The molecule has 1 heterocycles. The van der Waals surface area contributed by atoms with E-state index in [9.17, 15) is 9.59 Å². The van der Waals surface area contributed by atoms with Crippen LogP contribution in [-0.4, -0.2) is 11.9 Å². The zero-order valence-corrected chi connectivity index (χ0v) is 14.3. The monoisotopic (exact) mass is 349 g/mol. The van der Waals surface area contributed by atoms with Gasteiger partial charge in [-0.2, -0.15) is 0 Å². The van der Waals surface area contributed by atoms with E-state index in [0.29, 0.717) is 12.1 Å². The molecule has 0 unspecified atom stereocenters. The van der Waals surface area contributed by atoms with E-state index < -0.39 is 18.0 Å². The average Bonchev–Trinajstić information content (AvgIpc) is 3.21. The van der Waals surface area contributed by atoms with E-state index in [1.54, 1.807) is 18.2 Å². The lowest BCUT2D eigenvalue weighted by atomic mass is 10.1. The van der Waals surface area contributed by atoms with Crippen molar-refractivity contribution < 1.29 is 18.7 Å². The van der Waals surface area contributed by atoms with Crippen molar-refractivity contribution in [3.63, 3.8) is 0 Å². The van der Waals surface area contributed by atoms with Crippen molar-refractivity contribution in [1.82, 2.24) is 5.32 Å². The molecule has 0 bridgehead atoms. The van der Waals surface area contributed by atoms with Crippen LogP contribution in [0.3, 0.4) is 0 Å². The van der Waals surface area contributed by atoms with Crippen LogP contribution in [-0.2, 0) is 16.1 Å². The SMILES string of the molecule is Cc1ccc([C@@H](OC(=O)c2ccco2)C(=O)NCc2ccccc2)cc1. The van der Waals surface area contributed by atoms with Crippen LogP contribution >= 0.6 is 0 Å². The maximum atomic E-state index is 12.7. The van der Waals surface area contributed by atoms with E-state index in [4.69, 9.17) is 9.15 Å². The Labute approximate surface area is 151 Å². The fourth-order valence-electron chi connectivity index (χ4n) is 2.45. The van der Waals surface area contributed by atoms with Crippen molar-refractivity contribution in [2.75, 3.05) is 0 Å². The van der Waals surface area contributed by atoms with Gasteiger partial charge in [0.05, 0.1) is 6.26 Å². The van der Waals surface area contributed by atoms with Gasteiger partial charge in [0.2, 0.25) is 11.9 Å². The van der Waals surface area contributed by atoms with Gasteiger partial charge in [-0.05, 0) is 24.6 Å². The fraction of sp³-hybridized carbons (Fsp3) is 0.143. The summed E-state index contributed by atoms with van der Waals surface area (Å²) in [5.74, 6) is -1.02. The quantitative estimate of drug-likeness (QED) is 0.687.